The number of nitrogens with zero attached hydrogens (tertiary/aromatic N) is 6. The maximum Gasteiger partial charge on any atom is 0.240 e. The fourth-order valence-corrected chi connectivity index (χ4v) is 5.29. The van der Waals surface area contributed by atoms with Crippen LogP contribution in [0.15, 0.2) is 48.4 Å². The van der Waals surface area contributed by atoms with Gasteiger partial charge in [0.2, 0.25) is 5.88 Å². The van der Waals surface area contributed by atoms with Crippen molar-refractivity contribution in [2.24, 2.45) is 7.05 Å². The number of likely N-dealkylation sites (N-methyl/N-ethyl adjacent to an activating group) is 1. The molecular formula is C25H24FN7O2S. The van der Waals surface area contributed by atoms with Crippen LogP contribution in [0.5, 0.6) is 11.6 Å². The van der Waals surface area contributed by atoms with Crippen LogP contribution in [0.25, 0.3) is 32.2 Å². The van der Waals surface area contributed by atoms with Crippen molar-refractivity contribution in [2.45, 2.75) is 12.3 Å². The Hall–Kier alpha value is -3.83. The number of hydrogen-bond donors (Lipinski definition) is 1. The highest BCUT2D eigenvalue weighted by molar-refractivity contribution is 7.16. The lowest BCUT2D eigenvalue weighted by atomic mass is 10.0. The largest absolute Gasteiger partial charge is 0.485 e. The quantitative estimate of drug-likeness (QED) is 0.363. The Kier molecular flexibility index (Phi) is 5.65. The van der Waals surface area contributed by atoms with E-state index in [1.54, 1.807) is 23.1 Å². The monoisotopic (exact) mass is 505 g/mol. The van der Waals surface area contributed by atoms with Gasteiger partial charge in [0.25, 0.3) is 0 Å². The molecule has 2 atom stereocenters. The zero-order valence-electron chi connectivity index (χ0n) is 20.0. The standard InChI is InChI=1S/C25H24FN7O2S/c1-32-10-17(26)21(11-32)35-20-7-14(16-9-33(2)31-25(16)34-3)6-19-23(20)24(28-12-27-19)30-15-4-5-18-22(8-15)36-13-29-18/h4-9,12-13,17,21H,10-11H2,1-3H3,(H,27,28,30)/t17-,21-/m0/s1. The van der Waals surface area contributed by atoms with Crippen molar-refractivity contribution < 1.29 is 13.9 Å². The number of ether oxygens (including phenoxy) is 2. The molecule has 11 heteroatoms. The molecule has 0 amide bonds. The molecule has 0 spiro atoms. The van der Waals surface area contributed by atoms with E-state index in [1.165, 1.54) is 6.33 Å². The Balaban J connectivity index is 1.49. The predicted molar refractivity (Wildman–Crippen MR) is 138 cm³/mol. The lowest BCUT2D eigenvalue weighted by Crippen LogP contribution is -2.27. The average molecular weight is 506 g/mol. The summed E-state index contributed by atoms with van der Waals surface area (Å²) in [6, 6.07) is 9.76. The number of hydrogen-bond acceptors (Lipinski definition) is 9. The molecule has 2 aromatic carbocycles. The molecule has 9 nitrogen and oxygen atoms in total. The maximum atomic E-state index is 14.8. The van der Waals surface area contributed by atoms with Crippen LogP contribution in [0.2, 0.25) is 0 Å². The van der Waals surface area contributed by atoms with Crippen molar-refractivity contribution >= 4 is 44.0 Å². The van der Waals surface area contributed by atoms with Gasteiger partial charge in [-0.05, 0) is 42.9 Å². The number of thiazole rings is 1. The van der Waals surface area contributed by atoms with Gasteiger partial charge in [-0.15, -0.1) is 16.4 Å². The van der Waals surface area contributed by atoms with Gasteiger partial charge in [-0.3, -0.25) is 9.58 Å². The van der Waals surface area contributed by atoms with Gasteiger partial charge in [-0.25, -0.2) is 19.3 Å². The van der Waals surface area contributed by atoms with Crippen molar-refractivity contribution in [3.8, 4) is 22.8 Å². The summed E-state index contributed by atoms with van der Waals surface area (Å²) < 4.78 is 29.4. The number of aromatic nitrogens is 5. The number of halogens is 1. The first-order valence-electron chi connectivity index (χ1n) is 11.4. The van der Waals surface area contributed by atoms with Crippen LogP contribution in [0.1, 0.15) is 0 Å². The number of rotatable bonds is 6. The first-order chi connectivity index (χ1) is 17.5. The fourth-order valence-electron chi connectivity index (χ4n) is 4.57. The zero-order valence-corrected chi connectivity index (χ0v) is 20.8. The van der Waals surface area contributed by atoms with Crippen LogP contribution in [0.3, 0.4) is 0 Å². The first-order valence-corrected chi connectivity index (χ1v) is 12.3. The molecule has 0 radical (unpaired) electrons. The summed E-state index contributed by atoms with van der Waals surface area (Å²) in [5, 5.41) is 8.45. The summed E-state index contributed by atoms with van der Waals surface area (Å²) in [4.78, 5) is 15.3. The molecule has 0 saturated carbocycles. The van der Waals surface area contributed by atoms with E-state index in [0.29, 0.717) is 41.4 Å². The van der Waals surface area contributed by atoms with Crippen molar-refractivity contribution in [3.63, 3.8) is 0 Å². The van der Waals surface area contributed by atoms with E-state index in [4.69, 9.17) is 9.47 Å². The highest BCUT2D eigenvalue weighted by Crippen LogP contribution is 2.39. The smallest absolute Gasteiger partial charge is 0.240 e. The second kappa shape index (κ2) is 8.99. The van der Waals surface area contributed by atoms with E-state index >= 15 is 0 Å². The minimum Gasteiger partial charge on any atom is -0.485 e. The Morgan fingerprint density at radius 3 is 2.78 bits per heavy atom. The van der Waals surface area contributed by atoms with Crippen LogP contribution < -0.4 is 14.8 Å². The van der Waals surface area contributed by atoms with Crippen molar-refractivity contribution in [2.75, 3.05) is 32.6 Å². The summed E-state index contributed by atoms with van der Waals surface area (Å²) in [5.74, 6) is 1.56. The van der Waals surface area contributed by atoms with Crippen LogP contribution in [0.4, 0.5) is 15.9 Å². The number of benzene rings is 2. The maximum absolute atomic E-state index is 14.8. The number of methoxy groups -OCH3 is 1. The molecule has 1 saturated heterocycles. The summed E-state index contributed by atoms with van der Waals surface area (Å²) >= 11 is 1.57. The second-order valence-electron chi connectivity index (χ2n) is 8.87. The number of likely N-dealkylation sites (tertiary alicyclic amines) is 1. The Morgan fingerprint density at radius 2 is 1.97 bits per heavy atom. The van der Waals surface area contributed by atoms with Gasteiger partial charge in [0.1, 0.15) is 24.0 Å². The van der Waals surface area contributed by atoms with Crippen molar-refractivity contribution in [1.29, 1.82) is 0 Å². The Morgan fingerprint density at radius 1 is 1.08 bits per heavy atom. The molecule has 1 N–H and O–H groups in total. The Bertz CT molecular complexity index is 1570. The second-order valence-corrected chi connectivity index (χ2v) is 9.76. The summed E-state index contributed by atoms with van der Waals surface area (Å²) in [6.07, 6.45) is 1.67. The normalized spacial score (nSPS) is 18.2. The minimum atomic E-state index is -1.10. The highest BCUT2D eigenvalue weighted by Gasteiger charge is 2.33. The number of nitrogens with one attached hydrogen (secondary N) is 1. The molecule has 0 bridgehead atoms. The molecule has 184 valence electrons. The molecule has 36 heavy (non-hydrogen) atoms. The van der Waals surface area contributed by atoms with E-state index in [-0.39, 0.29) is 0 Å². The number of alkyl halides is 1. The molecule has 6 rings (SSSR count). The lowest BCUT2D eigenvalue weighted by molar-refractivity contribution is 0.141. The topological polar surface area (TPSA) is 90.2 Å². The Labute approximate surface area is 210 Å². The van der Waals surface area contributed by atoms with Crippen LogP contribution in [0, 0.1) is 0 Å². The van der Waals surface area contributed by atoms with Crippen LogP contribution >= 0.6 is 11.3 Å². The van der Waals surface area contributed by atoms with Crippen molar-refractivity contribution in [3.05, 3.63) is 48.4 Å². The first kappa shape index (κ1) is 22.6. The molecule has 1 fully saturated rings. The molecular weight excluding hydrogens is 481 g/mol. The fraction of sp³-hybridized carbons (Fsp3) is 0.280. The zero-order chi connectivity index (χ0) is 24.8. The van der Waals surface area contributed by atoms with Gasteiger partial charge in [0.15, 0.2) is 6.17 Å². The van der Waals surface area contributed by atoms with Crippen molar-refractivity contribution in [1.82, 2.24) is 29.6 Å². The molecule has 4 heterocycles. The molecule has 0 aliphatic carbocycles. The van der Waals surface area contributed by atoms with Gasteiger partial charge in [-0.1, -0.05) is 0 Å². The predicted octanol–water partition coefficient (Wildman–Crippen LogP) is 4.42. The van der Waals surface area contributed by atoms with E-state index < -0.39 is 12.3 Å². The molecule has 1 aliphatic heterocycles. The third-order valence-corrected chi connectivity index (χ3v) is 7.05. The highest BCUT2D eigenvalue weighted by atomic mass is 32.1. The minimum absolute atomic E-state index is 0.329. The van der Waals surface area contributed by atoms with E-state index in [0.717, 1.165) is 27.0 Å². The SMILES string of the molecule is COc1nn(C)cc1-c1cc(O[C@H]2CN(C)C[C@@H]2F)c2c(Nc3ccc4ncsc4c3)ncnc2c1. The average Bonchev–Trinajstić information content (AvgIpc) is 3.56. The summed E-state index contributed by atoms with van der Waals surface area (Å²) in [6.45, 7) is 0.816. The van der Waals surface area contributed by atoms with E-state index in [2.05, 4.69) is 25.4 Å². The van der Waals surface area contributed by atoms with Gasteiger partial charge in [0, 0.05) is 32.0 Å². The molecule has 3 aromatic heterocycles. The van der Waals surface area contributed by atoms with Gasteiger partial charge < -0.3 is 14.8 Å². The number of aryl methyl sites for hydroxylation is 1. The van der Waals surface area contributed by atoms with Gasteiger partial charge in [0.05, 0.1) is 39.3 Å². The summed E-state index contributed by atoms with van der Waals surface area (Å²) in [7, 11) is 5.30. The molecule has 5 aromatic rings. The van der Waals surface area contributed by atoms with Gasteiger partial charge in [-0.2, -0.15) is 0 Å². The molecule has 1 aliphatic rings. The lowest BCUT2D eigenvalue weighted by Gasteiger charge is -2.19. The number of anilines is 2. The van der Waals surface area contributed by atoms with Gasteiger partial charge >= 0.3 is 0 Å². The third kappa shape index (κ3) is 4.10. The van der Waals surface area contributed by atoms with E-state index in [9.17, 15) is 4.39 Å². The third-order valence-electron chi connectivity index (χ3n) is 6.25. The van der Waals surface area contributed by atoms with Crippen LogP contribution in [-0.2, 0) is 7.05 Å². The molecule has 0 unspecified atom stereocenters. The van der Waals surface area contributed by atoms with Crippen LogP contribution in [-0.4, -0.2) is 69.2 Å². The van der Waals surface area contributed by atoms with E-state index in [1.807, 2.05) is 61.0 Å². The number of fused-ring (bicyclic) bond motifs is 2. The summed E-state index contributed by atoms with van der Waals surface area (Å²) in [5.41, 5.74) is 5.87.